The molecule has 1 aliphatic rings. The van der Waals surface area contributed by atoms with E-state index in [-0.39, 0.29) is 22.8 Å². The van der Waals surface area contributed by atoms with Crippen LogP contribution in [0.15, 0.2) is 42.5 Å². The third-order valence-corrected chi connectivity index (χ3v) is 6.88. The number of rotatable bonds is 9. The van der Waals surface area contributed by atoms with Gasteiger partial charge in [0.15, 0.2) is 0 Å². The molecule has 0 bridgehead atoms. The van der Waals surface area contributed by atoms with E-state index in [1.54, 1.807) is 30.8 Å². The largest absolute Gasteiger partial charge is 0.462 e. The fourth-order valence-corrected chi connectivity index (χ4v) is 4.04. The molecule has 0 spiro atoms. The quantitative estimate of drug-likeness (QED) is 0.396. The van der Waals surface area contributed by atoms with Gasteiger partial charge in [-0.3, -0.25) is 4.79 Å². The molecule has 0 amide bonds. The van der Waals surface area contributed by atoms with Crippen molar-refractivity contribution in [2.45, 2.75) is 58.6 Å². The van der Waals surface area contributed by atoms with E-state index in [0.717, 1.165) is 29.9 Å². The molecule has 3 rings (SSSR count). The third-order valence-electron chi connectivity index (χ3n) is 5.30. The first-order valence-corrected chi connectivity index (χ1v) is 12.0. The summed E-state index contributed by atoms with van der Waals surface area (Å²) in [6, 6.07) is 12.2. The molecule has 1 atom stereocenters. The smallest absolute Gasteiger partial charge is 0.338 e. The highest BCUT2D eigenvalue weighted by Crippen LogP contribution is 2.32. The van der Waals surface area contributed by atoms with Gasteiger partial charge in [0, 0.05) is 5.25 Å². The summed E-state index contributed by atoms with van der Waals surface area (Å²) in [5.74, 6) is 1.11. The van der Waals surface area contributed by atoms with E-state index in [1.165, 1.54) is 30.5 Å². The Hall–Kier alpha value is -2.14. The minimum Gasteiger partial charge on any atom is -0.462 e. The molecule has 5 heteroatoms. The van der Waals surface area contributed by atoms with Crippen molar-refractivity contribution in [2.75, 3.05) is 12.4 Å². The number of ketones is 1. The number of hydrogen-bond donors (Lipinski definition) is 0. The fraction of sp³-hybridized carbons (Fsp3) is 0.462. The van der Waals surface area contributed by atoms with Crippen molar-refractivity contribution in [3.8, 4) is 0 Å². The summed E-state index contributed by atoms with van der Waals surface area (Å²) >= 11 is 1.62. The van der Waals surface area contributed by atoms with Gasteiger partial charge in [-0.25, -0.2) is 9.18 Å². The van der Waals surface area contributed by atoms with Gasteiger partial charge in [0.1, 0.15) is 11.6 Å². The molecule has 0 heterocycles. The molecule has 31 heavy (non-hydrogen) atoms. The predicted octanol–water partition coefficient (Wildman–Crippen LogP) is 6.86. The Morgan fingerprint density at radius 1 is 1.10 bits per heavy atom. The molecule has 0 aromatic heterocycles. The number of esters is 1. The van der Waals surface area contributed by atoms with E-state index in [0.29, 0.717) is 17.9 Å². The number of Topliss-reactive ketones (excluding diaryl/α,β-unsaturated/α-hetero) is 1. The van der Waals surface area contributed by atoms with Gasteiger partial charge >= 0.3 is 5.97 Å². The van der Waals surface area contributed by atoms with Crippen molar-refractivity contribution in [3.63, 3.8) is 0 Å². The highest BCUT2D eigenvalue weighted by molar-refractivity contribution is 8.00. The molecule has 0 N–H and O–H groups in total. The van der Waals surface area contributed by atoms with Crippen LogP contribution in [0.25, 0.3) is 0 Å². The molecule has 168 valence electrons. The minimum atomic E-state index is -0.217. The number of thioether (sulfide) groups is 1. The monoisotopic (exact) mass is 444 g/mol. The predicted molar refractivity (Wildman–Crippen MR) is 126 cm³/mol. The Kier molecular flexibility index (Phi) is 10.3. The molecule has 0 aliphatic heterocycles. The summed E-state index contributed by atoms with van der Waals surface area (Å²) in [5.41, 5.74) is 4.09. The molecule has 2 aromatic carbocycles. The van der Waals surface area contributed by atoms with Gasteiger partial charge in [-0.2, -0.15) is 0 Å². The van der Waals surface area contributed by atoms with Gasteiger partial charge in [0.2, 0.25) is 0 Å². The average Bonchev–Trinajstić information content (AvgIpc) is 3.56. The number of carbonyl (C=O) groups is 2. The van der Waals surface area contributed by atoms with Gasteiger partial charge in [0.05, 0.1) is 17.9 Å². The molecule has 1 unspecified atom stereocenters. The van der Waals surface area contributed by atoms with Crippen LogP contribution in [-0.2, 0) is 9.53 Å². The SMILES string of the molecule is CCC(SCC(C)=O)c1ccc(F)cc1.Cc1ccc(C(=O)OCCC2CC2)cc1C. The molecule has 1 fully saturated rings. The maximum absolute atomic E-state index is 12.7. The van der Waals surface area contributed by atoms with E-state index in [2.05, 4.69) is 6.92 Å². The molecule has 1 aliphatic carbocycles. The maximum Gasteiger partial charge on any atom is 0.338 e. The first-order chi connectivity index (χ1) is 14.8. The number of aryl methyl sites for hydroxylation is 2. The highest BCUT2D eigenvalue weighted by Gasteiger charge is 2.21. The number of halogens is 1. The van der Waals surface area contributed by atoms with Crippen LogP contribution in [0, 0.1) is 25.6 Å². The second-order valence-corrected chi connectivity index (χ2v) is 9.32. The second kappa shape index (κ2) is 12.7. The van der Waals surface area contributed by atoms with Crippen molar-refractivity contribution in [2.24, 2.45) is 5.92 Å². The standard InChI is InChI=1S/C14H18O2.C12H15FOS/c1-10-3-6-13(9-11(10)2)14(15)16-8-7-12-4-5-12;1-3-12(15-8-9(2)14)10-4-6-11(13)7-5-10/h3,6,9,12H,4-5,7-8H2,1-2H3;4-7,12H,3,8H2,1-2H3. The lowest BCUT2D eigenvalue weighted by Gasteiger charge is -2.13. The Balaban J connectivity index is 0.000000221. The van der Waals surface area contributed by atoms with E-state index in [4.69, 9.17) is 4.74 Å². The maximum atomic E-state index is 12.7. The van der Waals surface area contributed by atoms with Crippen LogP contribution >= 0.6 is 11.8 Å². The van der Waals surface area contributed by atoms with Gasteiger partial charge in [-0.15, -0.1) is 11.8 Å². The second-order valence-electron chi connectivity index (χ2n) is 8.13. The van der Waals surface area contributed by atoms with E-state index in [1.807, 2.05) is 32.0 Å². The molecule has 0 radical (unpaired) electrons. The van der Waals surface area contributed by atoms with Crippen LogP contribution in [-0.4, -0.2) is 24.1 Å². The van der Waals surface area contributed by atoms with Crippen LogP contribution in [0.4, 0.5) is 4.39 Å². The lowest BCUT2D eigenvalue weighted by atomic mass is 10.1. The Labute approximate surface area is 189 Å². The summed E-state index contributed by atoms with van der Waals surface area (Å²) in [7, 11) is 0. The van der Waals surface area contributed by atoms with Crippen molar-refractivity contribution < 1.29 is 18.7 Å². The summed E-state index contributed by atoms with van der Waals surface area (Å²) < 4.78 is 17.9. The van der Waals surface area contributed by atoms with E-state index >= 15 is 0 Å². The minimum absolute atomic E-state index is 0.181. The Morgan fingerprint density at radius 3 is 2.32 bits per heavy atom. The van der Waals surface area contributed by atoms with Gasteiger partial charge in [0.25, 0.3) is 0 Å². The lowest BCUT2D eigenvalue weighted by molar-refractivity contribution is -0.114. The first kappa shape index (κ1) is 25.1. The van der Waals surface area contributed by atoms with E-state index < -0.39 is 0 Å². The highest BCUT2D eigenvalue weighted by atomic mass is 32.2. The zero-order valence-corrected chi connectivity index (χ0v) is 19.8. The van der Waals surface area contributed by atoms with Crippen molar-refractivity contribution in [1.29, 1.82) is 0 Å². The normalized spacial score (nSPS) is 13.7. The van der Waals surface area contributed by atoms with Crippen LogP contribution < -0.4 is 0 Å². The lowest BCUT2D eigenvalue weighted by Crippen LogP contribution is -2.07. The Morgan fingerprint density at radius 2 is 1.77 bits per heavy atom. The zero-order valence-electron chi connectivity index (χ0n) is 18.9. The van der Waals surface area contributed by atoms with Gasteiger partial charge < -0.3 is 4.74 Å². The van der Waals surface area contributed by atoms with Gasteiger partial charge in [-0.1, -0.05) is 38.0 Å². The molecule has 0 saturated heterocycles. The first-order valence-electron chi connectivity index (χ1n) is 10.9. The van der Waals surface area contributed by atoms with Crippen molar-refractivity contribution in [1.82, 2.24) is 0 Å². The number of benzene rings is 2. The van der Waals surface area contributed by atoms with Crippen LogP contribution in [0.1, 0.15) is 71.8 Å². The van der Waals surface area contributed by atoms with Crippen LogP contribution in [0.3, 0.4) is 0 Å². The summed E-state index contributed by atoms with van der Waals surface area (Å²) in [6.45, 7) is 8.27. The molecular formula is C26H33FO3S. The third kappa shape index (κ3) is 9.26. The van der Waals surface area contributed by atoms with Crippen LogP contribution in [0.2, 0.25) is 0 Å². The number of ether oxygens (including phenoxy) is 1. The zero-order chi connectivity index (χ0) is 22.8. The summed E-state index contributed by atoms with van der Waals surface area (Å²) in [6.07, 6.45) is 4.59. The molecular weight excluding hydrogens is 411 g/mol. The van der Waals surface area contributed by atoms with Crippen molar-refractivity contribution in [3.05, 3.63) is 70.5 Å². The molecule has 2 aromatic rings. The average molecular weight is 445 g/mol. The summed E-state index contributed by atoms with van der Waals surface area (Å²) in [4.78, 5) is 22.6. The molecule has 3 nitrogen and oxygen atoms in total. The number of carbonyl (C=O) groups excluding carboxylic acids is 2. The summed E-state index contributed by atoms with van der Waals surface area (Å²) in [5, 5.41) is 0.287. The number of hydrogen-bond acceptors (Lipinski definition) is 4. The van der Waals surface area contributed by atoms with Crippen LogP contribution in [0.5, 0.6) is 0 Å². The van der Waals surface area contributed by atoms with Gasteiger partial charge in [-0.05, 0) is 80.5 Å². The van der Waals surface area contributed by atoms with Crippen molar-refractivity contribution >= 4 is 23.5 Å². The van der Waals surface area contributed by atoms with E-state index in [9.17, 15) is 14.0 Å². The topological polar surface area (TPSA) is 43.4 Å². The fourth-order valence-electron chi connectivity index (χ4n) is 3.02. The molecule has 1 saturated carbocycles. The Bertz CT molecular complexity index is 859.